The van der Waals surface area contributed by atoms with E-state index in [0.717, 1.165) is 33.6 Å². The Morgan fingerprint density at radius 1 is 0.283 bits per heavy atom. The van der Waals surface area contributed by atoms with Gasteiger partial charge >= 0.3 is 0 Å². The van der Waals surface area contributed by atoms with Gasteiger partial charge in [-0.3, -0.25) is 0 Å². The maximum absolute atomic E-state index is 5.09. The van der Waals surface area contributed by atoms with Crippen LogP contribution in [0.5, 0.6) is 0 Å². The number of benzene rings is 9. The van der Waals surface area contributed by atoms with Gasteiger partial charge in [-0.1, -0.05) is 170 Å². The van der Waals surface area contributed by atoms with Gasteiger partial charge < -0.3 is 9.13 Å². The van der Waals surface area contributed by atoms with Gasteiger partial charge in [0, 0.05) is 55.0 Å². The van der Waals surface area contributed by atoms with E-state index in [1.54, 1.807) is 0 Å². The van der Waals surface area contributed by atoms with Crippen molar-refractivity contribution in [3.05, 3.63) is 212 Å². The molecule has 12 rings (SSSR count). The molecule has 0 aliphatic rings. The van der Waals surface area contributed by atoms with Gasteiger partial charge in [-0.05, 0) is 59.0 Å². The molecule has 0 aliphatic carbocycles. The van der Waals surface area contributed by atoms with Crippen molar-refractivity contribution in [3.63, 3.8) is 0 Å². The van der Waals surface area contributed by atoms with Crippen molar-refractivity contribution < 1.29 is 0 Å². The topological polar surface area (TPSA) is 48.5 Å². The molecule has 0 unspecified atom stereocenters. The third kappa shape index (κ3) is 5.44. The van der Waals surface area contributed by atoms with E-state index in [4.69, 9.17) is 15.0 Å². The normalized spacial score (nSPS) is 11.7. The molecule has 0 N–H and O–H groups in total. The van der Waals surface area contributed by atoms with Crippen molar-refractivity contribution in [3.8, 4) is 56.7 Å². The zero-order valence-electron chi connectivity index (χ0n) is 32.4. The third-order valence-electron chi connectivity index (χ3n) is 11.7. The predicted octanol–water partition coefficient (Wildman–Crippen LogP) is 13.9. The SMILES string of the molecule is c1ccc(-c2cccc(-n3c4ccccc4c4c5c6ccc7ccccc7c6n(-c6cccc(-c7nc(-c8ccccc8)nc(-c8ccccc8)n7)c6)c5ccc43)c2)cc1. The molecule has 3 aromatic heterocycles. The van der Waals surface area contributed by atoms with E-state index in [-0.39, 0.29) is 0 Å². The summed E-state index contributed by atoms with van der Waals surface area (Å²) in [5, 5.41) is 7.28. The highest BCUT2D eigenvalue weighted by molar-refractivity contribution is 6.31. The van der Waals surface area contributed by atoms with Crippen molar-refractivity contribution in [1.82, 2.24) is 24.1 Å². The molecule has 0 amide bonds. The fourth-order valence-corrected chi connectivity index (χ4v) is 9.05. The van der Waals surface area contributed by atoms with Crippen LogP contribution in [0.1, 0.15) is 0 Å². The van der Waals surface area contributed by atoms with Crippen LogP contribution in [0.2, 0.25) is 0 Å². The van der Waals surface area contributed by atoms with Gasteiger partial charge in [0.2, 0.25) is 0 Å². The van der Waals surface area contributed by atoms with Gasteiger partial charge in [0.05, 0.1) is 22.1 Å². The van der Waals surface area contributed by atoms with Crippen LogP contribution in [0.4, 0.5) is 0 Å². The second-order valence-electron chi connectivity index (χ2n) is 15.2. The Labute approximate surface area is 346 Å². The smallest absolute Gasteiger partial charge is 0.164 e. The molecule has 3 heterocycles. The number of fused-ring (bicyclic) bond motifs is 9. The number of hydrogen-bond donors (Lipinski definition) is 0. The fraction of sp³-hybridized carbons (Fsp3) is 0. The zero-order valence-corrected chi connectivity index (χ0v) is 32.4. The average Bonchev–Trinajstić information content (AvgIpc) is 3.86. The highest BCUT2D eigenvalue weighted by Crippen LogP contribution is 2.44. The Morgan fingerprint density at radius 2 is 0.767 bits per heavy atom. The van der Waals surface area contributed by atoms with Crippen LogP contribution >= 0.6 is 0 Å². The number of hydrogen-bond acceptors (Lipinski definition) is 3. The molecule has 0 fully saturated rings. The molecule has 280 valence electrons. The highest BCUT2D eigenvalue weighted by Gasteiger charge is 2.22. The Morgan fingerprint density at radius 3 is 1.45 bits per heavy atom. The molecule has 0 spiro atoms. The maximum Gasteiger partial charge on any atom is 0.164 e. The molecule has 5 nitrogen and oxygen atoms in total. The average molecular weight is 766 g/mol. The van der Waals surface area contributed by atoms with Crippen molar-refractivity contribution in [2.24, 2.45) is 0 Å². The zero-order chi connectivity index (χ0) is 39.6. The highest BCUT2D eigenvalue weighted by atomic mass is 15.0. The summed E-state index contributed by atoms with van der Waals surface area (Å²) >= 11 is 0. The summed E-state index contributed by atoms with van der Waals surface area (Å²) in [5.74, 6) is 1.90. The largest absolute Gasteiger partial charge is 0.309 e. The van der Waals surface area contributed by atoms with E-state index in [1.165, 1.54) is 60.0 Å². The van der Waals surface area contributed by atoms with Crippen LogP contribution < -0.4 is 0 Å². The molecule has 0 saturated heterocycles. The number of nitrogens with zero attached hydrogens (tertiary/aromatic N) is 5. The molecule has 60 heavy (non-hydrogen) atoms. The summed E-state index contributed by atoms with van der Waals surface area (Å²) in [6.45, 7) is 0. The lowest BCUT2D eigenvalue weighted by atomic mass is 10.0. The lowest BCUT2D eigenvalue weighted by Crippen LogP contribution is -2.01. The minimum atomic E-state index is 0.623. The predicted molar refractivity (Wildman–Crippen MR) is 248 cm³/mol. The first-order chi connectivity index (χ1) is 29.8. The van der Waals surface area contributed by atoms with E-state index in [0.29, 0.717) is 17.5 Å². The van der Waals surface area contributed by atoms with E-state index in [1.807, 2.05) is 60.7 Å². The van der Waals surface area contributed by atoms with Crippen LogP contribution in [0.3, 0.4) is 0 Å². The lowest BCUT2D eigenvalue weighted by Gasteiger charge is -2.13. The first-order valence-electron chi connectivity index (χ1n) is 20.3. The van der Waals surface area contributed by atoms with Crippen LogP contribution in [-0.2, 0) is 0 Å². The molecule has 0 aliphatic heterocycles. The second-order valence-corrected chi connectivity index (χ2v) is 15.2. The van der Waals surface area contributed by atoms with Crippen LogP contribution in [-0.4, -0.2) is 24.1 Å². The number of aromatic nitrogens is 5. The van der Waals surface area contributed by atoms with Crippen LogP contribution in [0, 0.1) is 0 Å². The molecule has 9 aromatic carbocycles. The van der Waals surface area contributed by atoms with E-state index < -0.39 is 0 Å². The number of para-hydroxylation sites is 1. The summed E-state index contributed by atoms with van der Waals surface area (Å²) in [7, 11) is 0. The van der Waals surface area contributed by atoms with E-state index in [2.05, 4.69) is 161 Å². The molecule has 0 saturated carbocycles. The molecule has 5 heteroatoms. The first-order valence-corrected chi connectivity index (χ1v) is 20.3. The molecule has 0 bridgehead atoms. The summed E-state index contributed by atoms with van der Waals surface area (Å²) in [5.41, 5.74) is 12.0. The van der Waals surface area contributed by atoms with Gasteiger partial charge in [-0.25, -0.2) is 15.0 Å². The van der Waals surface area contributed by atoms with Gasteiger partial charge in [0.1, 0.15) is 0 Å². The van der Waals surface area contributed by atoms with Crippen LogP contribution in [0.25, 0.3) is 111 Å². The Balaban J connectivity index is 1.12. The van der Waals surface area contributed by atoms with Crippen molar-refractivity contribution in [2.75, 3.05) is 0 Å². The summed E-state index contributed by atoms with van der Waals surface area (Å²) in [6, 6.07) is 75.1. The molecule has 12 aromatic rings. The van der Waals surface area contributed by atoms with Gasteiger partial charge in [0.15, 0.2) is 17.5 Å². The standard InChI is InChI=1S/C55H35N5/c1-4-16-36(17-5-1)40-23-14-25-42(34-40)59-47-29-13-12-28-45(47)50-48(59)32-33-49-51(50)46-31-30-37-18-10-11-27-44(37)52(46)60(49)43-26-15-24-41(35-43)55-57-53(38-19-6-2-7-20-38)56-54(58-55)39-21-8-3-9-22-39/h1-35H. The fourth-order valence-electron chi connectivity index (χ4n) is 9.05. The Kier molecular flexibility index (Phi) is 7.78. The maximum atomic E-state index is 5.09. The molecular formula is C55H35N5. The third-order valence-corrected chi connectivity index (χ3v) is 11.7. The van der Waals surface area contributed by atoms with Gasteiger partial charge in [-0.15, -0.1) is 0 Å². The molecule has 0 atom stereocenters. The number of rotatable bonds is 6. The van der Waals surface area contributed by atoms with Gasteiger partial charge in [0.25, 0.3) is 0 Å². The minimum Gasteiger partial charge on any atom is -0.309 e. The van der Waals surface area contributed by atoms with Crippen molar-refractivity contribution in [2.45, 2.75) is 0 Å². The second kappa shape index (κ2) is 13.8. The Bertz CT molecular complexity index is 3530. The lowest BCUT2D eigenvalue weighted by molar-refractivity contribution is 1.07. The molecule has 0 radical (unpaired) electrons. The van der Waals surface area contributed by atoms with Crippen molar-refractivity contribution >= 4 is 54.4 Å². The summed E-state index contributed by atoms with van der Waals surface area (Å²) in [4.78, 5) is 15.1. The van der Waals surface area contributed by atoms with E-state index >= 15 is 0 Å². The van der Waals surface area contributed by atoms with Gasteiger partial charge in [-0.2, -0.15) is 0 Å². The monoisotopic (exact) mass is 765 g/mol. The minimum absolute atomic E-state index is 0.623. The van der Waals surface area contributed by atoms with Crippen LogP contribution in [0.15, 0.2) is 212 Å². The quantitative estimate of drug-likeness (QED) is 0.169. The Hall–Kier alpha value is -8.15. The first kappa shape index (κ1) is 33.9. The molecular weight excluding hydrogens is 731 g/mol. The van der Waals surface area contributed by atoms with Crippen molar-refractivity contribution in [1.29, 1.82) is 0 Å². The van der Waals surface area contributed by atoms with E-state index in [9.17, 15) is 0 Å². The summed E-state index contributed by atoms with van der Waals surface area (Å²) < 4.78 is 4.87. The summed E-state index contributed by atoms with van der Waals surface area (Å²) in [6.07, 6.45) is 0.